The van der Waals surface area contributed by atoms with E-state index in [4.69, 9.17) is 10.5 Å². The van der Waals surface area contributed by atoms with Crippen LogP contribution in [0.3, 0.4) is 0 Å². The molecule has 1 rings (SSSR count). The van der Waals surface area contributed by atoms with E-state index in [0.717, 1.165) is 5.69 Å². The average molecular weight is 241 g/mol. The molecule has 0 aliphatic carbocycles. The summed E-state index contributed by atoms with van der Waals surface area (Å²) in [6.45, 7) is 5.82. The largest absolute Gasteiger partial charge is 0.386 e. The third-order valence-electron chi connectivity index (χ3n) is 3.09. The molecule has 0 radical (unpaired) electrons. The second kappa shape index (κ2) is 6.74. The highest BCUT2D eigenvalue weighted by atomic mass is 16.5. The summed E-state index contributed by atoms with van der Waals surface area (Å²) in [4.78, 5) is 0. The molecule has 0 aliphatic heterocycles. The maximum Gasteiger partial charge on any atom is 0.0999 e. The van der Waals surface area contributed by atoms with E-state index in [0.29, 0.717) is 25.6 Å². The second-order valence-electron chi connectivity index (χ2n) is 4.56. The van der Waals surface area contributed by atoms with Crippen LogP contribution in [0, 0.1) is 11.8 Å². The number of aliphatic hydroxyl groups is 1. The van der Waals surface area contributed by atoms with Gasteiger partial charge < -0.3 is 15.6 Å². The Kier molecular flexibility index (Phi) is 5.61. The quantitative estimate of drug-likeness (QED) is 0.740. The lowest BCUT2D eigenvalue weighted by Gasteiger charge is -2.25. The molecule has 3 N–H and O–H groups in total. The highest BCUT2D eigenvalue weighted by Crippen LogP contribution is 2.26. The molecule has 1 aromatic heterocycles. The first-order valence-electron chi connectivity index (χ1n) is 6.00. The first-order chi connectivity index (χ1) is 8.11. The molecule has 1 heterocycles. The van der Waals surface area contributed by atoms with Gasteiger partial charge in [0, 0.05) is 19.2 Å². The summed E-state index contributed by atoms with van der Waals surface area (Å²) in [5, 5.41) is 14.5. The molecule has 2 unspecified atom stereocenters. The van der Waals surface area contributed by atoms with Gasteiger partial charge in [0.2, 0.25) is 0 Å². The highest BCUT2D eigenvalue weighted by molar-refractivity contribution is 5.06. The summed E-state index contributed by atoms with van der Waals surface area (Å²) >= 11 is 0. The lowest BCUT2D eigenvalue weighted by atomic mass is 9.89. The van der Waals surface area contributed by atoms with Gasteiger partial charge in [-0.3, -0.25) is 4.68 Å². The molecule has 0 saturated carbocycles. The number of methoxy groups -OCH3 is 1. The number of aliphatic hydroxyl groups excluding tert-OH is 1. The number of rotatable bonds is 7. The van der Waals surface area contributed by atoms with Crippen LogP contribution in [0.15, 0.2) is 12.3 Å². The van der Waals surface area contributed by atoms with Gasteiger partial charge in [0.25, 0.3) is 0 Å². The summed E-state index contributed by atoms with van der Waals surface area (Å²) < 4.78 is 6.79. The minimum Gasteiger partial charge on any atom is -0.386 e. The third kappa shape index (κ3) is 3.52. The molecule has 98 valence electrons. The Morgan fingerprint density at radius 3 is 2.76 bits per heavy atom. The molecule has 1 aromatic rings. The highest BCUT2D eigenvalue weighted by Gasteiger charge is 2.25. The molecule has 5 heteroatoms. The molecule has 0 aliphatic rings. The lowest BCUT2D eigenvalue weighted by Crippen LogP contribution is -2.28. The molecule has 0 amide bonds. The van der Waals surface area contributed by atoms with Crippen LogP contribution in [0.2, 0.25) is 0 Å². The molecule has 0 aromatic carbocycles. The van der Waals surface area contributed by atoms with E-state index >= 15 is 0 Å². The number of ether oxygens (including phenoxy) is 1. The van der Waals surface area contributed by atoms with Crippen LogP contribution in [0.1, 0.15) is 25.6 Å². The number of nitrogens with zero attached hydrogens (tertiary/aromatic N) is 2. The molecule has 0 bridgehead atoms. The Balaban J connectivity index is 2.80. The maximum absolute atomic E-state index is 10.3. The van der Waals surface area contributed by atoms with Gasteiger partial charge in [0.15, 0.2) is 0 Å². The fourth-order valence-electron chi connectivity index (χ4n) is 1.94. The number of aromatic nitrogens is 2. The van der Waals surface area contributed by atoms with Crippen molar-refractivity contribution in [3.63, 3.8) is 0 Å². The molecular weight excluding hydrogens is 218 g/mol. The van der Waals surface area contributed by atoms with E-state index in [2.05, 4.69) is 18.9 Å². The van der Waals surface area contributed by atoms with Gasteiger partial charge in [-0.15, -0.1) is 0 Å². The van der Waals surface area contributed by atoms with E-state index in [1.807, 2.05) is 6.07 Å². The van der Waals surface area contributed by atoms with Gasteiger partial charge in [0.1, 0.15) is 0 Å². The number of nitrogens with two attached hydrogens (primary N) is 1. The Bertz CT molecular complexity index is 325. The van der Waals surface area contributed by atoms with Crippen LogP contribution < -0.4 is 5.73 Å². The van der Waals surface area contributed by atoms with Gasteiger partial charge in [-0.25, -0.2) is 0 Å². The van der Waals surface area contributed by atoms with Crippen LogP contribution >= 0.6 is 0 Å². The number of hydrogen-bond donors (Lipinski definition) is 2. The Labute approximate surface area is 103 Å². The van der Waals surface area contributed by atoms with Crippen molar-refractivity contribution < 1.29 is 9.84 Å². The zero-order valence-electron chi connectivity index (χ0n) is 10.8. The molecular formula is C12H23N3O2. The predicted molar refractivity (Wildman–Crippen MR) is 66.4 cm³/mol. The molecule has 0 fully saturated rings. The summed E-state index contributed by atoms with van der Waals surface area (Å²) in [6.07, 6.45) is 1.13. The second-order valence-corrected chi connectivity index (χ2v) is 4.56. The van der Waals surface area contributed by atoms with Crippen molar-refractivity contribution in [3.05, 3.63) is 18.0 Å². The number of hydrogen-bond acceptors (Lipinski definition) is 4. The summed E-state index contributed by atoms with van der Waals surface area (Å²) in [5.74, 6) is 0.383. The van der Waals surface area contributed by atoms with E-state index in [-0.39, 0.29) is 5.92 Å². The lowest BCUT2D eigenvalue weighted by molar-refractivity contribution is 0.0756. The van der Waals surface area contributed by atoms with Crippen molar-refractivity contribution in [3.8, 4) is 0 Å². The predicted octanol–water partition coefficient (Wildman–Crippen LogP) is 0.794. The van der Waals surface area contributed by atoms with Crippen molar-refractivity contribution in [1.82, 2.24) is 9.78 Å². The zero-order chi connectivity index (χ0) is 12.8. The smallest absolute Gasteiger partial charge is 0.0999 e. The van der Waals surface area contributed by atoms with E-state index < -0.39 is 6.10 Å². The standard InChI is InChI=1S/C12H23N3O2/c1-9(2)10(8-13)12(16)11-4-5-14-15(11)6-7-17-3/h4-5,9-10,12,16H,6-8,13H2,1-3H3. The fraction of sp³-hybridized carbons (Fsp3) is 0.750. The van der Waals surface area contributed by atoms with Crippen LogP contribution in [-0.4, -0.2) is 35.1 Å². The zero-order valence-corrected chi connectivity index (χ0v) is 10.8. The molecule has 2 atom stereocenters. The summed E-state index contributed by atoms with van der Waals surface area (Å²) in [7, 11) is 1.65. The van der Waals surface area contributed by atoms with Gasteiger partial charge in [-0.2, -0.15) is 5.10 Å². The van der Waals surface area contributed by atoms with E-state index in [9.17, 15) is 5.11 Å². The van der Waals surface area contributed by atoms with Crippen LogP contribution in [-0.2, 0) is 11.3 Å². The first kappa shape index (κ1) is 14.2. The van der Waals surface area contributed by atoms with Gasteiger partial charge in [-0.05, 0) is 18.5 Å². The van der Waals surface area contributed by atoms with E-state index in [1.165, 1.54) is 0 Å². The third-order valence-corrected chi connectivity index (χ3v) is 3.09. The molecule has 0 spiro atoms. The van der Waals surface area contributed by atoms with Crippen molar-refractivity contribution in [2.75, 3.05) is 20.3 Å². The molecule has 5 nitrogen and oxygen atoms in total. The Morgan fingerprint density at radius 2 is 2.24 bits per heavy atom. The van der Waals surface area contributed by atoms with Crippen LogP contribution in [0.4, 0.5) is 0 Å². The average Bonchev–Trinajstić information content (AvgIpc) is 2.74. The summed E-state index contributed by atoms with van der Waals surface area (Å²) in [6, 6.07) is 1.84. The Hall–Kier alpha value is -0.910. The minimum absolute atomic E-state index is 0.0491. The fourth-order valence-corrected chi connectivity index (χ4v) is 1.94. The minimum atomic E-state index is -0.570. The molecule has 0 saturated heterocycles. The van der Waals surface area contributed by atoms with Crippen LogP contribution in [0.25, 0.3) is 0 Å². The first-order valence-corrected chi connectivity index (χ1v) is 6.00. The van der Waals surface area contributed by atoms with Gasteiger partial charge in [-0.1, -0.05) is 13.8 Å². The topological polar surface area (TPSA) is 73.3 Å². The van der Waals surface area contributed by atoms with Gasteiger partial charge in [0.05, 0.1) is 24.9 Å². The summed E-state index contributed by atoms with van der Waals surface area (Å²) in [5.41, 5.74) is 6.53. The van der Waals surface area contributed by atoms with Crippen LogP contribution in [0.5, 0.6) is 0 Å². The van der Waals surface area contributed by atoms with Crippen molar-refractivity contribution in [2.24, 2.45) is 17.6 Å². The van der Waals surface area contributed by atoms with Gasteiger partial charge >= 0.3 is 0 Å². The van der Waals surface area contributed by atoms with Crippen molar-refractivity contribution in [2.45, 2.75) is 26.5 Å². The SMILES string of the molecule is COCCn1nccc1C(O)C(CN)C(C)C. The molecule has 17 heavy (non-hydrogen) atoms. The maximum atomic E-state index is 10.3. The van der Waals surface area contributed by atoms with E-state index in [1.54, 1.807) is 18.0 Å². The van der Waals surface area contributed by atoms with Crippen molar-refractivity contribution >= 4 is 0 Å². The normalized spacial score (nSPS) is 15.2. The monoisotopic (exact) mass is 241 g/mol. The van der Waals surface area contributed by atoms with Crippen molar-refractivity contribution in [1.29, 1.82) is 0 Å². The Morgan fingerprint density at radius 1 is 1.53 bits per heavy atom.